The van der Waals surface area contributed by atoms with Gasteiger partial charge in [0.2, 0.25) is 0 Å². The zero-order valence-electron chi connectivity index (χ0n) is 9.25. The summed E-state index contributed by atoms with van der Waals surface area (Å²) < 4.78 is 0. The highest BCUT2D eigenvalue weighted by Crippen LogP contribution is 2.30. The Morgan fingerprint density at radius 2 is 1.80 bits per heavy atom. The number of hydrogen-bond donors (Lipinski definition) is 1. The van der Waals surface area contributed by atoms with Gasteiger partial charge in [-0.3, -0.25) is 0 Å². The highest BCUT2D eigenvalue weighted by molar-refractivity contribution is 5.90. The molecule has 1 heteroatoms. The van der Waals surface area contributed by atoms with Crippen molar-refractivity contribution in [1.82, 2.24) is 0 Å². The molecular weight excluding hydrogens is 184 g/mol. The Labute approximate surface area is 90.4 Å². The summed E-state index contributed by atoms with van der Waals surface area (Å²) in [6, 6.07) is 10.1. The topological polar surface area (TPSA) is 20.2 Å². The average Bonchev–Trinajstić information content (AvgIpc) is 2.28. The van der Waals surface area contributed by atoms with Crippen LogP contribution in [0.15, 0.2) is 30.3 Å². The standard InChI is InChI=1S/C14H16O/c1-3-10-6-5-7-11-8-9-13(15)12(4-2)14(10)11/h5-9,15H,3-4H2,1-2H3. The summed E-state index contributed by atoms with van der Waals surface area (Å²) in [5, 5.41) is 12.3. The third-order valence-electron chi connectivity index (χ3n) is 2.95. The molecule has 15 heavy (non-hydrogen) atoms. The molecule has 0 unspecified atom stereocenters. The summed E-state index contributed by atoms with van der Waals surface area (Å²) in [6.07, 6.45) is 1.88. The molecule has 0 saturated heterocycles. The van der Waals surface area contributed by atoms with E-state index < -0.39 is 0 Å². The van der Waals surface area contributed by atoms with Gasteiger partial charge in [-0.25, -0.2) is 0 Å². The van der Waals surface area contributed by atoms with Crippen LogP contribution in [0.1, 0.15) is 25.0 Å². The van der Waals surface area contributed by atoms with Gasteiger partial charge in [0.05, 0.1) is 0 Å². The summed E-state index contributed by atoms with van der Waals surface area (Å²) in [5.41, 5.74) is 2.39. The summed E-state index contributed by atoms with van der Waals surface area (Å²) in [4.78, 5) is 0. The van der Waals surface area contributed by atoms with E-state index in [0.29, 0.717) is 5.75 Å². The SMILES string of the molecule is CCc1cccc2ccc(O)c(CC)c12. The Kier molecular flexibility index (Phi) is 2.63. The molecule has 2 rings (SSSR count). The molecule has 0 bridgehead atoms. The maximum Gasteiger partial charge on any atom is 0.119 e. The lowest BCUT2D eigenvalue weighted by molar-refractivity contribution is 0.470. The molecule has 0 fully saturated rings. The predicted molar refractivity (Wildman–Crippen MR) is 64.4 cm³/mol. The molecule has 0 aliphatic carbocycles. The number of hydrogen-bond acceptors (Lipinski definition) is 1. The fraction of sp³-hybridized carbons (Fsp3) is 0.286. The number of aryl methyl sites for hydroxylation is 2. The van der Waals surface area contributed by atoms with E-state index in [1.807, 2.05) is 6.07 Å². The molecule has 0 spiro atoms. The fourth-order valence-electron chi connectivity index (χ4n) is 2.18. The van der Waals surface area contributed by atoms with E-state index in [-0.39, 0.29) is 0 Å². The molecule has 2 aromatic rings. The largest absolute Gasteiger partial charge is 0.508 e. The second-order valence-corrected chi connectivity index (χ2v) is 3.79. The van der Waals surface area contributed by atoms with Crippen molar-refractivity contribution in [2.45, 2.75) is 26.7 Å². The van der Waals surface area contributed by atoms with Crippen LogP contribution in [0, 0.1) is 0 Å². The van der Waals surface area contributed by atoms with E-state index in [0.717, 1.165) is 18.4 Å². The molecule has 0 amide bonds. The van der Waals surface area contributed by atoms with Crippen molar-refractivity contribution in [3.05, 3.63) is 41.5 Å². The normalized spacial score (nSPS) is 10.8. The second kappa shape index (κ2) is 3.93. The van der Waals surface area contributed by atoms with Crippen molar-refractivity contribution >= 4 is 10.8 Å². The molecule has 1 nitrogen and oxygen atoms in total. The second-order valence-electron chi connectivity index (χ2n) is 3.79. The monoisotopic (exact) mass is 200 g/mol. The van der Waals surface area contributed by atoms with Gasteiger partial charge in [-0.2, -0.15) is 0 Å². The Balaban J connectivity index is 2.87. The predicted octanol–water partition coefficient (Wildman–Crippen LogP) is 3.67. The summed E-state index contributed by atoms with van der Waals surface area (Å²) in [6.45, 7) is 4.24. The van der Waals surface area contributed by atoms with Crippen LogP contribution >= 0.6 is 0 Å². The summed E-state index contributed by atoms with van der Waals surface area (Å²) in [5.74, 6) is 0.422. The van der Waals surface area contributed by atoms with Gasteiger partial charge in [-0.15, -0.1) is 0 Å². The van der Waals surface area contributed by atoms with Crippen molar-refractivity contribution in [1.29, 1.82) is 0 Å². The molecule has 2 aromatic carbocycles. The first-order valence-corrected chi connectivity index (χ1v) is 5.50. The lowest BCUT2D eigenvalue weighted by Gasteiger charge is -2.10. The van der Waals surface area contributed by atoms with Crippen molar-refractivity contribution in [2.75, 3.05) is 0 Å². The number of rotatable bonds is 2. The minimum atomic E-state index is 0.422. The van der Waals surface area contributed by atoms with Crippen LogP contribution < -0.4 is 0 Å². The van der Waals surface area contributed by atoms with Crippen LogP contribution in [0.2, 0.25) is 0 Å². The lowest BCUT2D eigenvalue weighted by atomic mass is 9.96. The van der Waals surface area contributed by atoms with E-state index in [9.17, 15) is 5.11 Å². The Morgan fingerprint density at radius 1 is 1.00 bits per heavy atom. The number of phenolic OH excluding ortho intramolecular Hbond substituents is 1. The van der Waals surface area contributed by atoms with Crippen LogP contribution in [-0.2, 0) is 12.8 Å². The molecule has 0 radical (unpaired) electrons. The zero-order valence-corrected chi connectivity index (χ0v) is 9.25. The summed E-state index contributed by atoms with van der Waals surface area (Å²) >= 11 is 0. The van der Waals surface area contributed by atoms with Crippen LogP contribution in [0.4, 0.5) is 0 Å². The molecule has 0 aliphatic heterocycles. The van der Waals surface area contributed by atoms with Crippen LogP contribution in [0.3, 0.4) is 0 Å². The minimum Gasteiger partial charge on any atom is -0.508 e. The first-order chi connectivity index (χ1) is 7.27. The fourth-order valence-corrected chi connectivity index (χ4v) is 2.18. The van der Waals surface area contributed by atoms with E-state index in [2.05, 4.69) is 32.0 Å². The molecular formula is C14H16O. The molecule has 0 atom stereocenters. The van der Waals surface area contributed by atoms with Gasteiger partial charge in [0.15, 0.2) is 0 Å². The molecule has 0 saturated carbocycles. The van der Waals surface area contributed by atoms with Gasteiger partial charge in [-0.1, -0.05) is 38.1 Å². The van der Waals surface area contributed by atoms with Crippen molar-refractivity contribution in [2.24, 2.45) is 0 Å². The van der Waals surface area contributed by atoms with Crippen LogP contribution in [0.5, 0.6) is 5.75 Å². The highest BCUT2D eigenvalue weighted by atomic mass is 16.3. The molecule has 0 aromatic heterocycles. The lowest BCUT2D eigenvalue weighted by Crippen LogP contribution is -1.90. The van der Waals surface area contributed by atoms with Gasteiger partial charge in [0, 0.05) is 5.56 Å². The minimum absolute atomic E-state index is 0.422. The number of fused-ring (bicyclic) bond motifs is 1. The maximum absolute atomic E-state index is 9.83. The Hall–Kier alpha value is -1.50. The first-order valence-electron chi connectivity index (χ1n) is 5.50. The van der Waals surface area contributed by atoms with E-state index in [1.165, 1.54) is 16.3 Å². The quantitative estimate of drug-likeness (QED) is 0.784. The smallest absolute Gasteiger partial charge is 0.119 e. The number of benzene rings is 2. The van der Waals surface area contributed by atoms with Gasteiger partial charge >= 0.3 is 0 Å². The van der Waals surface area contributed by atoms with Crippen molar-refractivity contribution < 1.29 is 5.11 Å². The molecule has 1 N–H and O–H groups in total. The highest BCUT2D eigenvalue weighted by Gasteiger charge is 2.07. The molecule has 0 heterocycles. The van der Waals surface area contributed by atoms with Gasteiger partial charge in [-0.05, 0) is 35.2 Å². The Bertz CT molecular complexity index is 486. The van der Waals surface area contributed by atoms with Crippen molar-refractivity contribution in [3.63, 3.8) is 0 Å². The maximum atomic E-state index is 9.83. The molecule has 0 aliphatic rings. The third-order valence-corrected chi connectivity index (χ3v) is 2.95. The number of phenols is 1. The van der Waals surface area contributed by atoms with E-state index in [4.69, 9.17) is 0 Å². The average molecular weight is 200 g/mol. The summed E-state index contributed by atoms with van der Waals surface area (Å²) in [7, 11) is 0. The van der Waals surface area contributed by atoms with Gasteiger partial charge in [0.1, 0.15) is 5.75 Å². The van der Waals surface area contributed by atoms with Crippen LogP contribution in [0.25, 0.3) is 10.8 Å². The number of aromatic hydroxyl groups is 1. The van der Waals surface area contributed by atoms with Crippen LogP contribution in [-0.4, -0.2) is 5.11 Å². The molecule has 78 valence electrons. The van der Waals surface area contributed by atoms with E-state index >= 15 is 0 Å². The third kappa shape index (κ3) is 1.58. The zero-order chi connectivity index (χ0) is 10.8. The van der Waals surface area contributed by atoms with Gasteiger partial charge < -0.3 is 5.11 Å². The first kappa shape index (κ1) is 10.0. The van der Waals surface area contributed by atoms with E-state index in [1.54, 1.807) is 6.07 Å². The van der Waals surface area contributed by atoms with Crippen molar-refractivity contribution in [3.8, 4) is 5.75 Å². The van der Waals surface area contributed by atoms with Gasteiger partial charge in [0.25, 0.3) is 0 Å². The Morgan fingerprint density at radius 3 is 2.47 bits per heavy atom.